The number of likely N-dealkylation sites (tertiary alicyclic amines) is 1. The van der Waals surface area contributed by atoms with Crippen molar-refractivity contribution in [3.05, 3.63) is 30.3 Å². The van der Waals surface area contributed by atoms with Crippen LogP contribution in [0, 0.1) is 5.92 Å². The third-order valence-electron chi connectivity index (χ3n) is 4.01. The van der Waals surface area contributed by atoms with Crippen LogP contribution in [-0.2, 0) is 14.3 Å². The van der Waals surface area contributed by atoms with Crippen LogP contribution in [0.5, 0.6) is 0 Å². The van der Waals surface area contributed by atoms with E-state index in [1.807, 2.05) is 35.2 Å². The molecule has 106 valence electrons. The Labute approximate surface area is 117 Å². The molecule has 1 N–H and O–H groups in total. The van der Waals surface area contributed by atoms with E-state index in [1.54, 1.807) is 0 Å². The van der Waals surface area contributed by atoms with Crippen molar-refractivity contribution in [1.29, 1.82) is 0 Å². The molecule has 0 spiro atoms. The Morgan fingerprint density at radius 1 is 1.30 bits per heavy atom. The van der Waals surface area contributed by atoms with Crippen LogP contribution in [0.4, 0.5) is 5.69 Å². The van der Waals surface area contributed by atoms with Gasteiger partial charge in [-0.1, -0.05) is 18.2 Å². The minimum absolute atomic E-state index is 0.0878. The number of amides is 1. The zero-order chi connectivity index (χ0) is 13.9. The van der Waals surface area contributed by atoms with Gasteiger partial charge in [-0.05, 0) is 37.4 Å². The molecule has 3 rings (SSSR count). The van der Waals surface area contributed by atoms with Crippen LogP contribution < -0.4 is 5.32 Å². The van der Waals surface area contributed by atoms with Gasteiger partial charge in [-0.25, -0.2) is 0 Å². The second kappa shape index (κ2) is 5.63. The normalized spacial score (nSPS) is 25.9. The van der Waals surface area contributed by atoms with Crippen molar-refractivity contribution in [2.75, 3.05) is 25.0 Å². The largest absolute Gasteiger partial charge is 0.465 e. The molecule has 5 heteroatoms. The van der Waals surface area contributed by atoms with E-state index in [0.717, 1.165) is 25.1 Å². The van der Waals surface area contributed by atoms with Gasteiger partial charge in [0.05, 0.1) is 13.2 Å². The van der Waals surface area contributed by atoms with Gasteiger partial charge in [-0.3, -0.25) is 14.5 Å². The summed E-state index contributed by atoms with van der Waals surface area (Å²) in [6, 6.07) is 9.11. The number of hydrogen-bond acceptors (Lipinski definition) is 4. The Morgan fingerprint density at radius 2 is 2.10 bits per heavy atom. The van der Waals surface area contributed by atoms with Crippen molar-refractivity contribution in [2.45, 2.75) is 18.9 Å². The van der Waals surface area contributed by atoms with Crippen molar-refractivity contribution >= 4 is 17.6 Å². The molecule has 1 aromatic rings. The standard InChI is InChI=1S/C15H18N2O3/c18-13(16-12-4-2-1-3-5-12)10-17-8-6-11-7-9-20-15(19)14(11)17/h1-5,11,14H,6-10H2,(H,16,18). The highest BCUT2D eigenvalue weighted by Gasteiger charge is 2.43. The van der Waals surface area contributed by atoms with Gasteiger partial charge >= 0.3 is 5.97 Å². The number of esters is 1. The highest BCUT2D eigenvalue weighted by molar-refractivity contribution is 5.92. The quantitative estimate of drug-likeness (QED) is 0.843. The van der Waals surface area contributed by atoms with E-state index >= 15 is 0 Å². The molecule has 2 fully saturated rings. The summed E-state index contributed by atoms with van der Waals surface area (Å²) >= 11 is 0. The van der Waals surface area contributed by atoms with Gasteiger partial charge in [0.1, 0.15) is 6.04 Å². The van der Waals surface area contributed by atoms with Gasteiger partial charge in [-0.15, -0.1) is 0 Å². The van der Waals surface area contributed by atoms with Crippen LogP contribution in [0.2, 0.25) is 0 Å². The topological polar surface area (TPSA) is 58.6 Å². The van der Waals surface area contributed by atoms with Crippen molar-refractivity contribution in [3.63, 3.8) is 0 Å². The SMILES string of the molecule is O=C(CN1CCC2CCOC(=O)C21)Nc1ccccc1. The van der Waals surface area contributed by atoms with Gasteiger partial charge in [-0.2, -0.15) is 0 Å². The molecule has 2 atom stereocenters. The second-order valence-electron chi connectivity index (χ2n) is 5.33. The Hall–Kier alpha value is -1.88. The van der Waals surface area contributed by atoms with E-state index in [-0.39, 0.29) is 24.5 Å². The Kier molecular flexibility index (Phi) is 3.69. The predicted octanol–water partition coefficient (Wildman–Crippen LogP) is 1.26. The molecule has 2 saturated heterocycles. The number of fused-ring (bicyclic) bond motifs is 1. The van der Waals surface area contributed by atoms with E-state index in [2.05, 4.69) is 5.32 Å². The predicted molar refractivity (Wildman–Crippen MR) is 74.1 cm³/mol. The van der Waals surface area contributed by atoms with Crippen LogP contribution in [0.1, 0.15) is 12.8 Å². The third kappa shape index (κ3) is 2.67. The van der Waals surface area contributed by atoms with Crippen LogP contribution in [0.3, 0.4) is 0 Å². The van der Waals surface area contributed by atoms with Gasteiger partial charge in [0.15, 0.2) is 0 Å². The molecule has 5 nitrogen and oxygen atoms in total. The molecule has 1 amide bonds. The summed E-state index contributed by atoms with van der Waals surface area (Å²) in [5.41, 5.74) is 0.777. The molecule has 2 heterocycles. The van der Waals surface area contributed by atoms with Crippen molar-refractivity contribution in [1.82, 2.24) is 4.90 Å². The number of ether oxygens (including phenoxy) is 1. The lowest BCUT2D eigenvalue weighted by Gasteiger charge is -2.29. The van der Waals surface area contributed by atoms with Crippen LogP contribution in [0.15, 0.2) is 30.3 Å². The van der Waals surface area contributed by atoms with Crippen LogP contribution >= 0.6 is 0 Å². The number of carbonyl (C=O) groups is 2. The van der Waals surface area contributed by atoms with Gasteiger partial charge in [0.2, 0.25) is 5.91 Å². The molecule has 2 aliphatic heterocycles. The van der Waals surface area contributed by atoms with Crippen LogP contribution in [-0.4, -0.2) is 42.5 Å². The molecule has 0 radical (unpaired) electrons. The molecule has 2 aliphatic rings. The summed E-state index contributed by atoms with van der Waals surface area (Å²) in [7, 11) is 0. The summed E-state index contributed by atoms with van der Waals surface area (Å²) in [6.45, 7) is 1.54. The fraction of sp³-hybridized carbons (Fsp3) is 0.467. The number of rotatable bonds is 3. The number of nitrogens with one attached hydrogen (secondary N) is 1. The lowest BCUT2D eigenvalue weighted by Crippen LogP contribution is -2.46. The molecular formula is C15H18N2O3. The third-order valence-corrected chi connectivity index (χ3v) is 4.01. The number of benzene rings is 1. The van der Waals surface area contributed by atoms with Gasteiger partial charge in [0, 0.05) is 5.69 Å². The fourth-order valence-electron chi connectivity index (χ4n) is 3.05. The number of nitrogens with zero attached hydrogens (tertiary/aromatic N) is 1. The zero-order valence-electron chi connectivity index (χ0n) is 11.2. The lowest BCUT2D eigenvalue weighted by molar-refractivity contribution is -0.155. The smallest absolute Gasteiger partial charge is 0.323 e. The summed E-state index contributed by atoms with van der Waals surface area (Å²) < 4.78 is 5.11. The van der Waals surface area contributed by atoms with Gasteiger partial charge in [0.25, 0.3) is 0 Å². The first kappa shape index (κ1) is 13.1. The summed E-state index contributed by atoms with van der Waals surface area (Å²) in [4.78, 5) is 25.8. The number of cyclic esters (lactones) is 1. The highest BCUT2D eigenvalue weighted by Crippen LogP contribution is 2.31. The Bertz CT molecular complexity index is 503. The first-order valence-electron chi connectivity index (χ1n) is 6.99. The number of anilines is 1. The fourth-order valence-corrected chi connectivity index (χ4v) is 3.05. The Morgan fingerprint density at radius 3 is 2.90 bits per heavy atom. The average Bonchev–Trinajstić information content (AvgIpc) is 2.84. The maximum atomic E-state index is 12.0. The monoisotopic (exact) mass is 274 g/mol. The van der Waals surface area contributed by atoms with Crippen molar-refractivity contribution in [2.24, 2.45) is 5.92 Å². The van der Waals surface area contributed by atoms with Crippen LogP contribution in [0.25, 0.3) is 0 Å². The molecule has 0 aromatic heterocycles. The molecule has 0 saturated carbocycles. The van der Waals surface area contributed by atoms with E-state index in [4.69, 9.17) is 4.74 Å². The maximum Gasteiger partial charge on any atom is 0.323 e. The number of carbonyl (C=O) groups excluding carboxylic acids is 2. The molecule has 2 unspecified atom stereocenters. The first-order chi connectivity index (χ1) is 9.74. The van der Waals surface area contributed by atoms with E-state index in [9.17, 15) is 9.59 Å². The van der Waals surface area contributed by atoms with Crippen molar-refractivity contribution < 1.29 is 14.3 Å². The maximum absolute atomic E-state index is 12.0. The Balaban J connectivity index is 1.60. The second-order valence-corrected chi connectivity index (χ2v) is 5.33. The minimum atomic E-state index is -0.231. The highest BCUT2D eigenvalue weighted by atomic mass is 16.5. The molecule has 0 bridgehead atoms. The molecule has 20 heavy (non-hydrogen) atoms. The number of hydrogen-bond donors (Lipinski definition) is 1. The zero-order valence-corrected chi connectivity index (χ0v) is 11.2. The summed E-state index contributed by atoms with van der Waals surface area (Å²) in [5.74, 6) is 0.0854. The van der Waals surface area contributed by atoms with E-state index in [1.165, 1.54) is 0 Å². The lowest BCUT2D eigenvalue weighted by atomic mass is 9.95. The molecular weight excluding hydrogens is 256 g/mol. The first-order valence-corrected chi connectivity index (χ1v) is 6.99. The van der Waals surface area contributed by atoms with Gasteiger partial charge < -0.3 is 10.1 Å². The van der Waals surface area contributed by atoms with E-state index in [0.29, 0.717) is 12.5 Å². The number of para-hydroxylation sites is 1. The van der Waals surface area contributed by atoms with E-state index < -0.39 is 0 Å². The molecule has 1 aromatic carbocycles. The summed E-state index contributed by atoms with van der Waals surface area (Å²) in [6.07, 6.45) is 1.88. The minimum Gasteiger partial charge on any atom is -0.465 e. The van der Waals surface area contributed by atoms with Crippen molar-refractivity contribution in [3.8, 4) is 0 Å². The average molecular weight is 274 g/mol. The summed E-state index contributed by atoms with van der Waals surface area (Å²) in [5, 5.41) is 2.85. The molecule has 0 aliphatic carbocycles.